The first kappa shape index (κ1) is 29.8. The van der Waals surface area contributed by atoms with E-state index < -0.39 is 11.9 Å². The lowest BCUT2D eigenvalue weighted by molar-refractivity contribution is 0.0600. The van der Waals surface area contributed by atoms with Gasteiger partial charge in [-0.2, -0.15) is 0 Å². The third kappa shape index (κ3) is 8.61. The molecule has 0 radical (unpaired) electrons. The number of aromatic carboxylic acids is 1. The fourth-order valence-electron chi connectivity index (χ4n) is 3.28. The zero-order valence-corrected chi connectivity index (χ0v) is 24.8. The Kier molecular flexibility index (Phi) is 11.0. The zero-order valence-electron chi connectivity index (χ0n) is 20.5. The number of halogens is 2. The summed E-state index contributed by atoms with van der Waals surface area (Å²) >= 11 is 4.18. The highest BCUT2D eigenvalue weighted by Crippen LogP contribution is 2.22. The fourth-order valence-corrected chi connectivity index (χ4v) is 4.26. The van der Waals surface area contributed by atoms with E-state index in [9.17, 15) is 19.2 Å². The lowest BCUT2D eigenvalue weighted by atomic mass is 10.1. The van der Waals surface area contributed by atoms with Crippen LogP contribution in [0.5, 0.6) is 0 Å². The molecule has 0 unspecified atom stereocenters. The summed E-state index contributed by atoms with van der Waals surface area (Å²) in [6, 6.07) is 27.4. The molecule has 0 saturated carbocycles. The normalized spacial score (nSPS) is 9.92. The molecule has 0 bridgehead atoms. The average Bonchev–Trinajstić information content (AvgIpc) is 2.94. The SMILES string of the molecule is COC(=O)c1ccc(I)cc1NC(=O)c1ccccc1.O=C(Nc1cc(I)ccc1C(=O)O)c1ccccc1. The highest BCUT2D eigenvalue weighted by atomic mass is 127. The summed E-state index contributed by atoms with van der Waals surface area (Å²) in [5.74, 6) is -2.15. The summed E-state index contributed by atoms with van der Waals surface area (Å²) in [7, 11) is 1.31. The zero-order chi connectivity index (χ0) is 28.4. The molecule has 0 aromatic heterocycles. The van der Waals surface area contributed by atoms with Crippen molar-refractivity contribution >= 4 is 80.3 Å². The quantitative estimate of drug-likeness (QED) is 0.152. The van der Waals surface area contributed by atoms with Gasteiger partial charge in [-0.05, 0) is 106 Å². The molecule has 39 heavy (non-hydrogen) atoms. The predicted octanol–water partition coefficient (Wildman–Crippen LogP) is 6.57. The number of nitrogens with one attached hydrogen (secondary N) is 2. The van der Waals surface area contributed by atoms with Crippen molar-refractivity contribution in [3.8, 4) is 0 Å². The van der Waals surface area contributed by atoms with Crippen molar-refractivity contribution in [2.45, 2.75) is 0 Å². The minimum atomic E-state index is -1.07. The standard InChI is InChI=1S/C15H12INO3.C14H10INO3/c1-20-15(19)12-8-7-11(16)9-13(12)17-14(18)10-5-3-2-4-6-10;15-10-6-7-11(14(18)19)12(8-10)16-13(17)9-4-2-1-3-5-9/h2-9H,1H3,(H,17,18);1-8H,(H,16,17)(H,18,19). The van der Waals surface area contributed by atoms with Gasteiger partial charge in [-0.25, -0.2) is 9.59 Å². The van der Waals surface area contributed by atoms with Gasteiger partial charge in [0.05, 0.1) is 29.6 Å². The molecule has 4 rings (SSSR count). The van der Waals surface area contributed by atoms with Gasteiger partial charge in [-0.15, -0.1) is 0 Å². The van der Waals surface area contributed by atoms with Crippen LogP contribution in [-0.4, -0.2) is 36.0 Å². The molecule has 10 heteroatoms. The lowest BCUT2D eigenvalue weighted by Gasteiger charge is -2.10. The van der Waals surface area contributed by atoms with E-state index in [-0.39, 0.29) is 17.4 Å². The largest absolute Gasteiger partial charge is 0.478 e. The second-order valence-electron chi connectivity index (χ2n) is 7.82. The van der Waals surface area contributed by atoms with Crippen LogP contribution in [0, 0.1) is 7.14 Å². The van der Waals surface area contributed by atoms with E-state index in [0.29, 0.717) is 28.1 Å². The van der Waals surface area contributed by atoms with E-state index in [0.717, 1.165) is 7.14 Å². The van der Waals surface area contributed by atoms with Gasteiger partial charge in [0.15, 0.2) is 0 Å². The van der Waals surface area contributed by atoms with Crippen molar-refractivity contribution in [3.63, 3.8) is 0 Å². The molecule has 2 amide bonds. The molecule has 0 fully saturated rings. The number of carbonyl (C=O) groups is 4. The van der Waals surface area contributed by atoms with Crippen LogP contribution in [0.15, 0.2) is 97.1 Å². The molecule has 0 spiro atoms. The van der Waals surface area contributed by atoms with Crippen LogP contribution in [0.2, 0.25) is 0 Å². The van der Waals surface area contributed by atoms with Crippen LogP contribution >= 0.6 is 45.2 Å². The predicted molar refractivity (Wildman–Crippen MR) is 165 cm³/mol. The fraction of sp³-hybridized carbons (Fsp3) is 0.0345. The van der Waals surface area contributed by atoms with Gasteiger partial charge >= 0.3 is 11.9 Å². The second kappa shape index (κ2) is 14.4. The summed E-state index contributed by atoms with van der Waals surface area (Å²) in [6.07, 6.45) is 0. The van der Waals surface area contributed by atoms with Gasteiger partial charge in [-0.3, -0.25) is 9.59 Å². The third-order valence-electron chi connectivity index (χ3n) is 5.17. The number of hydrogen-bond acceptors (Lipinski definition) is 5. The van der Waals surface area contributed by atoms with Crippen LogP contribution in [0.25, 0.3) is 0 Å². The first-order valence-electron chi connectivity index (χ1n) is 11.3. The van der Waals surface area contributed by atoms with Crippen molar-refractivity contribution in [1.29, 1.82) is 0 Å². The molecular formula is C29H22I2N2O6. The molecule has 0 atom stereocenters. The van der Waals surface area contributed by atoms with Crippen LogP contribution in [0.3, 0.4) is 0 Å². The van der Waals surface area contributed by atoms with Crippen LogP contribution < -0.4 is 10.6 Å². The Balaban J connectivity index is 0.000000216. The average molecular weight is 748 g/mol. The molecule has 198 valence electrons. The molecular weight excluding hydrogens is 726 g/mol. The van der Waals surface area contributed by atoms with E-state index >= 15 is 0 Å². The summed E-state index contributed by atoms with van der Waals surface area (Å²) in [4.78, 5) is 46.9. The third-order valence-corrected chi connectivity index (χ3v) is 6.51. The van der Waals surface area contributed by atoms with E-state index in [1.54, 1.807) is 78.9 Å². The van der Waals surface area contributed by atoms with Gasteiger partial charge in [0, 0.05) is 18.3 Å². The van der Waals surface area contributed by atoms with Crippen molar-refractivity contribution in [2.24, 2.45) is 0 Å². The van der Waals surface area contributed by atoms with Crippen molar-refractivity contribution < 1.29 is 29.0 Å². The highest BCUT2D eigenvalue weighted by Gasteiger charge is 2.15. The monoisotopic (exact) mass is 748 g/mol. The van der Waals surface area contributed by atoms with E-state index in [1.165, 1.54) is 13.2 Å². The van der Waals surface area contributed by atoms with Crippen molar-refractivity contribution in [1.82, 2.24) is 0 Å². The number of carboxylic acids is 1. The number of rotatable bonds is 6. The molecule has 0 aliphatic heterocycles. The van der Waals surface area contributed by atoms with E-state index in [1.807, 2.05) is 12.1 Å². The minimum absolute atomic E-state index is 0.0738. The Labute approximate surface area is 252 Å². The Hall–Kier alpha value is -3.78. The Morgan fingerprint density at radius 1 is 0.641 bits per heavy atom. The number of carbonyl (C=O) groups excluding carboxylic acids is 3. The maximum atomic E-state index is 12.1. The Morgan fingerprint density at radius 3 is 1.46 bits per heavy atom. The number of ether oxygens (including phenoxy) is 1. The number of benzene rings is 4. The number of anilines is 2. The van der Waals surface area contributed by atoms with Crippen molar-refractivity contribution in [2.75, 3.05) is 17.7 Å². The first-order valence-corrected chi connectivity index (χ1v) is 13.5. The van der Waals surface area contributed by atoms with Crippen LogP contribution in [-0.2, 0) is 4.74 Å². The van der Waals surface area contributed by atoms with Crippen LogP contribution in [0.1, 0.15) is 41.4 Å². The van der Waals surface area contributed by atoms with Gasteiger partial charge in [0.2, 0.25) is 0 Å². The molecule has 8 nitrogen and oxygen atoms in total. The molecule has 0 heterocycles. The highest BCUT2D eigenvalue weighted by molar-refractivity contribution is 14.1. The maximum Gasteiger partial charge on any atom is 0.339 e. The lowest BCUT2D eigenvalue weighted by Crippen LogP contribution is -2.15. The minimum Gasteiger partial charge on any atom is -0.478 e. The van der Waals surface area contributed by atoms with E-state index in [4.69, 9.17) is 9.84 Å². The summed E-state index contributed by atoms with van der Waals surface area (Å²) < 4.78 is 6.48. The molecule has 4 aromatic rings. The smallest absolute Gasteiger partial charge is 0.339 e. The molecule has 3 N–H and O–H groups in total. The van der Waals surface area contributed by atoms with Gasteiger partial charge < -0.3 is 20.5 Å². The second-order valence-corrected chi connectivity index (χ2v) is 10.3. The topological polar surface area (TPSA) is 122 Å². The Morgan fingerprint density at radius 2 is 1.05 bits per heavy atom. The molecule has 0 aliphatic carbocycles. The number of amides is 2. The number of methoxy groups -OCH3 is 1. The van der Waals surface area contributed by atoms with Gasteiger partial charge in [-0.1, -0.05) is 36.4 Å². The number of hydrogen-bond donors (Lipinski definition) is 3. The van der Waals surface area contributed by atoms with E-state index in [2.05, 4.69) is 55.8 Å². The first-order chi connectivity index (χ1) is 18.7. The summed E-state index contributed by atoms with van der Waals surface area (Å²) in [5.41, 5.74) is 2.16. The van der Waals surface area contributed by atoms with Crippen molar-refractivity contribution in [3.05, 3.63) is 126 Å². The van der Waals surface area contributed by atoms with Gasteiger partial charge in [0.1, 0.15) is 0 Å². The Bertz CT molecular complexity index is 1490. The summed E-state index contributed by atoms with van der Waals surface area (Å²) in [6.45, 7) is 0. The summed E-state index contributed by atoms with van der Waals surface area (Å²) in [5, 5.41) is 14.4. The maximum absolute atomic E-state index is 12.1. The number of esters is 1. The van der Waals surface area contributed by atoms with Crippen LogP contribution in [0.4, 0.5) is 11.4 Å². The number of carboxylic acid groups (broad SMARTS) is 1. The molecule has 0 aliphatic rings. The molecule has 0 saturated heterocycles. The molecule has 4 aromatic carbocycles. The van der Waals surface area contributed by atoms with Gasteiger partial charge in [0.25, 0.3) is 11.8 Å².